The van der Waals surface area contributed by atoms with Crippen LogP contribution in [0.2, 0.25) is 0 Å². The molecule has 3 rings (SSSR count). The van der Waals surface area contributed by atoms with E-state index in [-0.39, 0.29) is 18.0 Å². The highest BCUT2D eigenvalue weighted by molar-refractivity contribution is 9.10. The van der Waals surface area contributed by atoms with Crippen LogP contribution in [-0.2, 0) is 19.7 Å². The summed E-state index contributed by atoms with van der Waals surface area (Å²) in [4.78, 5) is 10.9. The molecule has 0 saturated heterocycles. The summed E-state index contributed by atoms with van der Waals surface area (Å²) in [6, 6.07) is 17.0. The highest BCUT2D eigenvalue weighted by Crippen LogP contribution is 2.34. The number of nitrogens with one attached hydrogen (secondary N) is 1. The third kappa shape index (κ3) is 6.29. The molecule has 3 aromatic carbocycles. The molecule has 0 bridgehead atoms. The molecule has 5 nitrogen and oxygen atoms in total. The molecule has 0 aliphatic heterocycles. The van der Waals surface area contributed by atoms with E-state index < -0.39 is 5.97 Å². The number of rotatable bonds is 10. The number of benzene rings is 3. The maximum absolute atomic E-state index is 13.9. The van der Waals surface area contributed by atoms with Crippen LogP contribution in [0.5, 0.6) is 11.5 Å². The Bertz CT molecular complexity index is 1040. The Morgan fingerprint density at radius 3 is 2.39 bits per heavy atom. The zero-order valence-corrected chi connectivity index (χ0v) is 18.6. The standard InChI is InChI=1S/C24H23BrFNO4/c1-2-30-22-11-19(14-27-13-16-7-9-17(10-8-16)24(28)29)20(25)12-23(22)31-15-18-5-3-4-6-21(18)26/h3-12,27H,2,13-15H2,1H3,(H,28,29). The number of hydrogen-bond donors (Lipinski definition) is 2. The summed E-state index contributed by atoms with van der Waals surface area (Å²) in [5, 5.41) is 12.3. The topological polar surface area (TPSA) is 67.8 Å². The van der Waals surface area contributed by atoms with Crippen molar-refractivity contribution in [2.24, 2.45) is 0 Å². The van der Waals surface area contributed by atoms with Gasteiger partial charge in [0.05, 0.1) is 12.2 Å². The van der Waals surface area contributed by atoms with Crippen molar-refractivity contribution in [1.29, 1.82) is 0 Å². The van der Waals surface area contributed by atoms with Crippen molar-refractivity contribution in [2.45, 2.75) is 26.6 Å². The van der Waals surface area contributed by atoms with Crippen LogP contribution in [0.15, 0.2) is 65.1 Å². The first kappa shape index (κ1) is 22.8. The molecule has 31 heavy (non-hydrogen) atoms. The van der Waals surface area contributed by atoms with E-state index >= 15 is 0 Å². The smallest absolute Gasteiger partial charge is 0.335 e. The second-order valence-electron chi connectivity index (χ2n) is 6.81. The molecule has 7 heteroatoms. The molecule has 0 aliphatic rings. The van der Waals surface area contributed by atoms with Crippen molar-refractivity contribution in [3.05, 3.63) is 93.2 Å². The monoisotopic (exact) mass is 487 g/mol. The van der Waals surface area contributed by atoms with Gasteiger partial charge in [0.2, 0.25) is 0 Å². The van der Waals surface area contributed by atoms with Crippen LogP contribution in [0, 0.1) is 5.82 Å². The van der Waals surface area contributed by atoms with Crippen LogP contribution in [0.3, 0.4) is 0 Å². The zero-order chi connectivity index (χ0) is 22.2. The molecule has 0 unspecified atom stereocenters. The van der Waals surface area contributed by atoms with Gasteiger partial charge in [0.1, 0.15) is 12.4 Å². The molecule has 3 aromatic rings. The van der Waals surface area contributed by atoms with Crippen molar-refractivity contribution >= 4 is 21.9 Å². The van der Waals surface area contributed by atoms with E-state index in [1.54, 1.807) is 42.5 Å². The summed E-state index contributed by atoms with van der Waals surface area (Å²) in [5.41, 5.74) is 2.69. The van der Waals surface area contributed by atoms with Crippen LogP contribution in [-0.4, -0.2) is 17.7 Å². The van der Waals surface area contributed by atoms with Crippen molar-refractivity contribution in [3.63, 3.8) is 0 Å². The van der Waals surface area contributed by atoms with Crippen molar-refractivity contribution < 1.29 is 23.8 Å². The molecule has 0 aromatic heterocycles. The van der Waals surface area contributed by atoms with E-state index in [1.807, 2.05) is 19.1 Å². The molecular weight excluding hydrogens is 465 g/mol. The van der Waals surface area contributed by atoms with Crippen LogP contribution in [0.25, 0.3) is 0 Å². The normalized spacial score (nSPS) is 10.7. The number of ether oxygens (including phenoxy) is 2. The van der Waals surface area contributed by atoms with E-state index in [0.717, 1.165) is 15.6 Å². The predicted molar refractivity (Wildman–Crippen MR) is 120 cm³/mol. The minimum Gasteiger partial charge on any atom is -0.490 e. The second-order valence-corrected chi connectivity index (χ2v) is 7.66. The number of carboxylic acids is 1. The maximum Gasteiger partial charge on any atom is 0.335 e. The molecule has 0 fully saturated rings. The summed E-state index contributed by atoms with van der Waals surface area (Å²) in [6.07, 6.45) is 0. The van der Waals surface area contributed by atoms with E-state index in [2.05, 4.69) is 21.2 Å². The van der Waals surface area contributed by atoms with Gasteiger partial charge in [-0.1, -0.05) is 46.3 Å². The Morgan fingerprint density at radius 2 is 1.71 bits per heavy atom. The summed E-state index contributed by atoms with van der Waals surface area (Å²) in [7, 11) is 0. The van der Waals surface area contributed by atoms with Crippen LogP contribution >= 0.6 is 15.9 Å². The van der Waals surface area contributed by atoms with E-state index in [9.17, 15) is 9.18 Å². The summed E-state index contributed by atoms with van der Waals surface area (Å²) in [6.45, 7) is 3.61. The average molecular weight is 488 g/mol. The second kappa shape index (κ2) is 10.9. The van der Waals surface area contributed by atoms with Crippen molar-refractivity contribution in [2.75, 3.05) is 6.61 Å². The fraction of sp³-hybridized carbons (Fsp3) is 0.208. The van der Waals surface area contributed by atoms with Crippen LogP contribution < -0.4 is 14.8 Å². The molecule has 2 N–H and O–H groups in total. The predicted octanol–water partition coefficient (Wildman–Crippen LogP) is 5.55. The Morgan fingerprint density at radius 1 is 1.00 bits per heavy atom. The van der Waals surface area contributed by atoms with Gasteiger partial charge in [-0.05, 0) is 48.4 Å². The fourth-order valence-corrected chi connectivity index (χ4v) is 3.43. The maximum atomic E-state index is 13.9. The number of aromatic carboxylic acids is 1. The first-order chi connectivity index (χ1) is 15.0. The number of halogens is 2. The third-order valence-electron chi connectivity index (χ3n) is 4.60. The molecule has 0 atom stereocenters. The number of carboxylic acid groups (broad SMARTS) is 1. The first-order valence-corrected chi connectivity index (χ1v) is 10.6. The Labute approximate surface area is 189 Å². The lowest BCUT2D eigenvalue weighted by Crippen LogP contribution is -2.13. The molecule has 0 amide bonds. The quantitative estimate of drug-likeness (QED) is 0.392. The first-order valence-electron chi connectivity index (χ1n) is 9.82. The Balaban J connectivity index is 1.66. The number of hydrogen-bond acceptors (Lipinski definition) is 4. The van der Waals surface area contributed by atoms with Gasteiger partial charge in [-0.3, -0.25) is 0 Å². The van der Waals surface area contributed by atoms with Gasteiger partial charge in [0, 0.05) is 23.1 Å². The summed E-state index contributed by atoms with van der Waals surface area (Å²) >= 11 is 3.57. The highest BCUT2D eigenvalue weighted by atomic mass is 79.9. The largest absolute Gasteiger partial charge is 0.490 e. The molecule has 0 spiro atoms. The van der Waals surface area contributed by atoms with Crippen molar-refractivity contribution in [3.8, 4) is 11.5 Å². The van der Waals surface area contributed by atoms with E-state index in [4.69, 9.17) is 14.6 Å². The van der Waals surface area contributed by atoms with Gasteiger partial charge >= 0.3 is 5.97 Å². The highest BCUT2D eigenvalue weighted by Gasteiger charge is 2.12. The van der Waals surface area contributed by atoms with Gasteiger partial charge < -0.3 is 19.9 Å². The van der Waals surface area contributed by atoms with Gasteiger partial charge in [-0.15, -0.1) is 0 Å². The fourth-order valence-electron chi connectivity index (χ4n) is 2.97. The molecule has 162 valence electrons. The molecule has 0 radical (unpaired) electrons. The van der Waals surface area contributed by atoms with Gasteiger partial charge in [0.25, 0.3) is 0 Å². The lowest BCUT2D eigenvalue weighted by Gasteiger charge is -2.16. The van der Waals surface area contributed by atoms with Gasteiger partial charge in [0.15, 0.2) is 11.5 Å². The van der Waals surface area contributed by atoms with Crippen molar-refractivity contribution in [1.82, 2.24) is 5.32 Å². The molecule has 0 aliphatic carbocycles. The minimum atomic E-state index is -0.941. The Hall–Kier alpha value is -2.90. The van der Waals surface area contributed by atoms with E-state index in [0.29, 0.717) is 36.8 Å². The minimum absolute atomic E-state index is 0.100. The molecular formula is C24H23BrFNO4. The Kier molecular flexibility index (Phi) is 8.03. The third-order valence-corrected chi connectivity index (χ3v) is 5.34. The van der Waals surface area contributed by atoms with Gasteiger partial charge in [-0.25, -0.2) is 9.18 Å². The van der Waals surface area contributed by atoms with Gasteiger partial charge in [-0.2, -0.15) is 0 Å². The SMILES string of the molecule is CCOc1cc(CNCc2ccc(C(=O)O)cc2)c(Br)cc1OCc1ccccc1F. The summed E-state index contributed by atoms with van der Waals surface area (Å²) in [5.74, 6) is -0.129. The number of carbonyl (C=O) groups is 1. The lowest BCUT2D eigenvalue weighted by atomic mass is 10.1. The van der Waals surface area contributed by atoms with Crippen LogP contribution in [0.1, 0.15) is 34.0 Å². The average Bonchev–Trinajstić information content (AvgIpc) is 2.76. The van der Waals surface area contributed by atoms with E-state index in [1.165, 1.54) is 6.07 Å². The molecule has 0 heterocycles. The molecule has 0 saturated carbocycles. The summed E-state index contributed by atoms with van der Waals surface area (Å²) < 4.78 is 26.3. The lowest BCUT2D eigenvalue weighted by molar-refractivity contribution is 0.0697. The van der Waals surface area contributed by atoms with Crippen LogP contribution in [0.4, 0.5) is 4.39 Å². The zero-order valence-electron chi connectivity index (χ0n) is 17.0.